The van der Waals surface area contributed by atoms with E-state index in [1.807, 2.05) is 0 Å². The SMILES string of the molecule is c1ccc(-c2ccc(N(c3ccc(-c4ccccc4)cc3)c3ccc4c(c3)c3cc(N(c5ccc(-c6ccccc6)cc5)c5ccc(-c6ccccc6)cc5)ccc3n4-c3ccccc3)cc2)cc1. The average Bonchev–Trinajstić information content (AvgIpc) is 3.76. The van der Waals surface area contributed by atoms with Crippen LogP contribution in [0.15, 0.2) is 285 Å². The Morgan fingerprint density at radius 3 is 0.710 bits per heavy atom. The van der Waals surface area contributed by atoms with Gasteiger partial charge in [0.1, 0.15) is 0 Å². The van der Waals surface area contributed by atoms with Crippen molar-refractivity contribution < 1.29 is 0 Å². The molecule has 0 saturated carbocycles. The molecule has 69 heavy (non-hydrogen) atoms. The highest BCUT2D eigenvalue weighted by Crippen LogP contribution is 2.44. The highest BCUT2D eigenvalue weighted by molar-refractivity contribution is 6.12. The predicted octanol–water partition coefficient (Wildman–Crippen LogP) is 18.4. The summed E-state index contributed by atoms with van der Waals surface area (Å²) in [7, 11) is 0. The number of hydrogen-bond acceptors (Lipinski definition) is 2. The van der Waals surface area contributed by atoms with E-state index in [9.17, 15) is 0 Å². The molecule has 0 amide bonds. The highest BCUT2D eigenvalue weighted by atomic mass is 15.1. The van der Waals surface area contributed by atoms with Crippen LogP contribution in [0.1, 0.15) is 0 Å². The quantitative estimate of drug-likeness (QED) is 0.128. The topological polar surface area (TPSA) is 11.4 Å². The van der Waals surface area contributed by atoms with Gasteiger partial charge in [0.2, 0.25) is 0 Å². The maximum Gasteiger partial charge on any atom is 0.0542 e. The van der Waals surface area contributed by atoms with E-state index in [0.717, 1.165) is 50.8 Å². The zero-order valence-corrected chi connectivity index (χ0v) is 38.0. The van der Waals surface area contributed by atoms with Crippen LogP contribution in [0.5, 0.6) is 0 Å². The molecule has 1 heterocycles. The van der Waals surface area contributed by atoms with E-state index < -0.39 is 0 Å². The predicted molar refractivity (Wildman–Crippen MR) is 292 cm³/mol. The maximum atomic E-state index is 2.40. The van der Waals surface area contributed by atoms with Crippen molar-refractivity contribution in [3.63, 3.8) is 0 Å². The van der Waals surface area contributed by atoms with Crippen molar-refractivity contribution in [2.75, 3.05) is 9.80 Å². The van der Waals surface area contributed by atoms with E-state index in [1.165, 1.54) is 55.3 Å². The minimum absolute atomic E-state index is 1.07. The largest absolute Gasteiger partial charge is 0.310 e. The van der Waals surface area contributed by atoms with Gasteiger partial charge >= 0.3 is 0 Å². The number of aromatic nitrogens is 1. The number of benzene rings is 11. The van der Waals surface area contributed by atoms with E-state index in [4.69, 9.17) is 0 Å². The number of anilines is 6. The zero-order chi connectivity index (χ0) is 45.9. The summed E-state index contributed by atoms with van der Waals surface area (Å²) in [6.45, 7) is 0. The average molecular weight is 882 g/mol. The fourth-order valence-electron chi connectivity index (χ4n) is 9.76. The van der Waals surface area contributed by atoms with Crippen LogP contribution in [0.3, 0.4) is 0 Å². The smallest absolute Gasteiger partial charge is 0.0542 e. The standard InChI is InChI=1S/C66H47N3/c1-6-16-48(17-7-1)52-26-34-57(35-27-52)67(58-36-28-53(29-37-58)49-18-8-2-9-19-49)61-42-44-65-63(46-61)64-47-62(43-45-66(64)69(65)56-24-14-5-15-25-56)68(59-38-30-54(31-39-59)50-20-10-3-11-21-50)60-40-32-55(33-41-60)51-22-12-4-13-23-51/h1-47H. The summed E-state index contributed by atoms with van der Waals surface area (Å²) in [5.74, 6) is 0. The van der Waals surface area contributed by atoms with Crippen LogP contribution in [0.4, 0.5) is 34.1 Å². The summed E-state index contributed by atoms with van der Waals surface area (Å²) in [5, 5.41) is 2.33. The van der Waals surface area contributed by atoms with Crippen LogP contribution < -0.4 is 9.80 Å². The summed E-state index contributed by atoms with van der Waals surface area (Å²) in [5.41, 5.74) is 19.4. The van der Waals surface area contributed by atoms with Crippen LogP contribution >= 0.6 is 0 Å². The molecule has 1 aromatic heterocycles. The molecule has 0 saturated heterocycles. The molecule has 0 spiro atoms. The van der Waals surface area contributed by atoms with Gasteiger partial charge in [0.05, 0.1) is 11.0 Å². The molecule has 0 atom stereocenters. The van der Waals surface area contributed by atoms with Gasteiger partial charge in [0, 0.05) is 50.6 Å². The van der Waals surface area contributed by atoms with E-state index >= 15 is 0 Å². The molecule has 0 aliphatic rings. The molecule has 0 radical (unpaired) electrons. The van der Waals surface area contributed by atoms with Gasteiger partial charge in [-0.3, -0.25) is 0 Å². The third-order valence-electron chi connectivity index (χ3n) is 13.2. The minimum Gasteiger partial charge on any atom is -0.310 e. The Hall–Kier alpha value is -9.18. The van der Waals surface area contributed by atoms with Crippen molar-refractivity contribution in [1.82, 2.24) is 4.57 Å². The lowest BCUT2D eigenvalue weighted by atomic mass is 10.0. The lowest BCUT2D eigenvalue weighted by Crippen LogP contribution is -2.10. The van der Waals surface area contributed by atoms with E-state index in [2.05, 4.69) is 299 Å². The van der Waals surface area contributed by atoms with Gasteiger partial charge in [0.25, 0.3) is 0 Å². The molecule has 12 rings (SSSR count). The molecule has 3 nitrogen and oxygen atoms in total. The molecule has 0 aliphatic heterocycles. The molecule has 12 aromatic rings. The number of fused-ring (bicyclic) bond motifs is 3. The first-order valence-electron chi connectivity index (χ1n) is 23.6. The van der Waals surface area contributed by atoms with Crippen LogP contribution in [0.25, 0.3) is 72.0 Å². The van der Waals surface area contributed by atoms with Crippen LogP contribution in [-0.4, -0.2) is 4.57 Å². The third-order valence-corrected chi connectivity index (χ3v) is 13.2. The highest BCUT2D eigenvalue weighted by Gasteiger charge is 2.21. The Labute approximate surface area is 403 Å². The maximum absolute atomic E-state index is 2.40. The molecular weight excluding hydrogens is 835 g/mol. The van der Waals surface area contributed by atoms with Crippen molar-refractivity contribution in [2.45, 2.75) is 0 Å². The van der Waals surface area contributed by atoms with Gasteiger partial charge in [-0.05, 0) is 142 Å². The first-order valence-corrected chi connectivity index (χ1v) is 23.6. The number of rotatable bonds is 11. The van der Waals surface area contributed by atoms with Gasteiger partial charge < -0.3 is 14.4 Å². The lowest BCUT2D eigenvalue weighted by molar-refractivity contribution is 1.18. The summed E-state index contributed by atoms with van der Waals surface area (Å²) in [6, 6.07) is 103. The van der Waals surface area contributed by atoms with Crippen molar-refractivity contribution in [3.8, 4) is 50.2 Å². The number of hydrogen-bond donors (Lipinski definition) is 0. The normalized spacial score (nSPS) is 11.2. The first-order chi connectivity index (χ1) is 34.2. The van der Waals surface area contributed by atoms with Crippen LogP contribution in [-0.2, 0) is 0 Å². The monoisotopic (exact) mass is 881 g/mol. The Morgan fingerprint density at radius 1 is 0.203 bits per heavy atom. The summed E-state index contributed by atoms with van der Waals surface area (Å²) in [4.78, 5) is 4.76. The van der Waals surface area contributed by atoms with Crippen molar-refractivity contribution >= 4 is 55.9 Å². The molecule has 0 unspecified atom stereocenters. The Morgan fingerprint density at radius 2 is 0.435 bits per heavy atom. The number of nitrogens with zero attached hydrogens (tertiary/aromatic N) is 3. The van der Waals surface area contributed by atoms with Gasteiger partial charge in [-0.1, -0.05) is 188 Å². The van der Waals surface area contributed by atoms with Gasteiger partial charge in [-0.15, -0.1) is 0 Å². The minimum atomic E-state index is 1.07. The summed E-state index contributed by atoms with van der Waals surface area (Å²) in [6.07, 6.45) is 0. The lowest BCUT2D eigenvalue weighted by Gasteiger charge is -2.26. The van der Waals surface area contributed by atoms with E-state index in [0.29, 0.717) is 0 Å². The second-order valence-corrected chi connectivity index (χ2v) is 17.4. The Kier molecular flexibility index (Phi) is 10.9. The van der Waals surface area contributed by atoms with Gasteiger partial charge in [-0.25, -0.2) is 0 Å². The van der Waals surface area contributed by atoms with Crippen LogP contribution in [0.2, 0.25) is 0 Å². The van der Waals surface area contributed by atoms with E-state index in [1.54, 1.807) is 0 Å². The summed E-state index contributed by atoms with van der Waals surface area (Å²) < 4.78 is 2.40. The van der Waals surface area contributed by atoms with Crippen LogP contribution in [0, 0.1) is 0 Å². The van der Waals surface area contributed by atoms with Crippen molar-refractivity contribution in [3.05, 3.63) is 285 Å². The van der Waals surface area contributed by atoms with Crippen molar-refractivity contribution in [2.24, 2.45) is 0 Å². The van der Waals surface area contributed by atoms with Gasteiger partial charge in [0.15, 0.2) is 0 Å². The molecule has 0 bridgehead atoms. The molecule has 326 valence electrons. The fourth-order valence-corrected chi connectivity index (χ4v) is 9.76. The first kappa shape index (κ1) is 41.3. The molecule has 3 heteroatoms. The zero-order valence-electron chi connectivity index (χ0n) is 38.0. The molecule has 0 fully saturated rings. The number of para-hydroxylation sites is 1. The second kappa shape index (κ2) is 18.2. The Bertz CT molecular complexity index is 3250. The molecule has 0 aliphatic carbocycles. The van der Waals surface area contributed by atoms with Gasteiger partial charge in [-0.2, -0.15) is 0 Å². The molecule has 0 N–H and O–H groups in total. The van der Waals surface area contributed by atoms with Crippen molar-refractivity contribution in [1.29, 1.82) is 0 Å². The second-order valence-electron chi connectivity index (χ2n) is 17.4. The Balaban J connectivity index is 1.03. The van der Waals surface area contributed by atoms with E-state index in [-0.39, 0.29) is 0 Å². The third kappa shape index (κ3) is 8.13. The molecule has 11 aromatic carbocycles. The fraction of sp³-hybridized carbons (Fsp3) is 0. The summed E-state index contributed by atoms with van der Waals surface area (Å²) >= 11 is 0. The molecular formula is C66H47N3.